The first-order valence-corrected chi connectivity index (χ1v) is 5.31. The van der Waals surface area contributed by atoms with Crippen molar-refractivity contribution in [2.75, 3.05) is 0 Å². The Hall–Kier alpha value is -0.880. The Bertz CT molecular complexity index is 469. The number of rotatable bonds is 2. The molecule has 0 spiro atoms. The highest BCUT2D eigenvalue weighted by atomic mass is 127. The summed E-state index contributed by atoms with van der Waals surface area (Å²) in [6.07, 6.45) is -13.9. The van der Waals surface area contributed by atoms with Crippen molar-refractivity contribution in [1.29, 1.82) is 0 Å². The predicted octanol–water partition coefficient (Wildman–Crippen LogP) is 4.54. The fourth-order valence-electron chi connectivity index (χ4n) is 1.05. The Morgan fingerprint density at radius 1 is 1.11 bits per heavy atom. The van der Waals surface area contributed by atoms with Crippen LogP contribution >= 0.6 is 22.6 Å². The van der Waals surface area contributed by atoms with E-state index >= 15 is 0 Å². The largest absolute Gasteiger partial charge is 0.574 e. The SMILES string of the molecule is FC(F)c1nc(OC(F)(F)F)cc(C(F)(F)F)c1I. The van der Waals surface area contributed by atoms with Crippen LogP contribution < -0.4 is 4.74 Å². The van der Waals surface area contributed by atoms with Gasteiger partial charge in [-0.25, -0.2) is 13.8 Å². The first-order chi connectivity index (χ1) is 8.42. The Labute approximate surface area is 113 Å². The third kappa shape index (κ3) is 4.31. The minimum absolute atomic E-state index is 0.0822. The van der Waals surface area contributed by atoms with Crippen LogP contribution in [-0.2, 0) is 6.18 Å². The quantitative estimate of drug-likeness (QED) is 0.531. The summed E-state index contributed by atoms with van der Waals surface area (Å²) < 4.78 is 100. The van der Waals surface area contributed by atoms with Crippen molar-refractivity contribution in [3.05, 3.63) is 20.9 Å². The Balaban J connectivity index is 3.40. The maximum Gasteiger partial charge on any atom is 0.574 e. The molecule has 1 aromatic heterocycles. The lowest BCUT2D eigenvalue weighted by Gasteiger charge is -2.15. The van der Waals surface area contributed by atoms with E-state index in [0.717, 1.165) is 22.6 Å². The zero-order valence-corrected chi connectivity index (χ0v) is 10.6. The molecule has 1 heterocycles. The molecule has 0 aliphatic carbocycles. The maximum atomic E-state index is 12.5. The molecule has 1 rings (SSSR count). The van der Waals surface area contributed by atoms with Crippen LogP contribution in [0.2, 0.25) is 0 Å². The number of ether oxygens (including phenoxy) is 1. The summed E-state index contributed by atoms with van der Waals surface area (Å²) in [4.78, 5) is 2.73. The van der Waals surface area contributed by atoms with Crippen LogP contribution in [0.15, 0.2) is 6.07 Å². The van der Waals surface area contributed by atoms with E-state index in [0.29, 0.717) is 0 Å². The molecular formula is C8H2F8INO. The van der Waals surface area contributed by atoms with E-state index < -0.39 is 39.7 Å². The number of aromatic nitrogens is 1. The summed E-state index contributed by atoms with van der Waals surface area (Å²) >= 11 is 0.936. The van der Waals surface area contributed by atoms with Crippen LogP contribution in [0.5, 0.6) is 5.88 Å². The van der Waals surface area contributed by atoms with E-state index in [9.17, 15) is 35.1 Å². The van der Waals surface area contributed by atoms with Gasteiger partial charge in [0.05, 0.1) is 9.13 Å². The third-order valence-corrected chi connectivity index (χ3v) is 2.83. The van der Waals surface area contributed by atoms with Gasteiger partial charge in [-0.3, -0.25) is 0 Å². The fraction of sp³-hybridized carbons (Fsp3) is 0.375. The molecule has 0 amide bonds. The van der Waals surface area contributed by atoms with Crippen molar-refractivity contribution < 1.29 is 39.9 Å². The summed E-state index contributed by atoms with van der Waals surface area (Å²) in [6, 6.07) is -0.0822. The monoisotopic (exact) mass is 407 g/mol. The van der Waals surface area contributed by atoms with Gasteiger partial charge in [0.15, 0.2) is 0 Å². The minimum Gasteiger partial charge on any atom is -0.388 e. The van der Waals surface area contributed by atoms with Crippen molar-refractivity contribution in [2.24, 2.45) is 0 Å². The molecule has 0 atom stereocenters. The number of hydrogen-bond donors (Lipinski definition) is 0. The average molecular weight is 407 g/mol. The lowest BCUT2D eigenvalue weighted by molar-refractivity contribution is -0.276. The van der Waals surface area contributed by atoms with Crippen molar-refractivity contribution in [2.45, 2.75) is 19.0 Å². The molecule has 108 valence electrons. The van der Waals surface area contributed by atoms with Gasteiger partial charge in [0, 0.05) is 6.07 Å². The second-order valence-corrected chi connectivity index (χ2v) is 4.13. The van der Waals surface area contributed by atoms with Crippen molar-refractivity contribution >= 4 is 22.6 Å². The molecule has 11 heteroatoms. The summed E-state index contributed by atoms with van der Waals surface area (Å²) in [5.74, 6) is -1.59. The van der Waals surface area contributed by atoms with Gasteiger partial charge in [0.1, 0.15) is 5.69 Å². The lowest BCUT2D eigenvalue weighted by Crippen LogP contribution is -2.20. The van der Waals surface area contributed by atoms with Crippen LogP contribution in [0.25, 0.3) is 0 Å². The van der Waals surface area contributed by atoms with Gasteiger partial charge >= 0.3 is 12.5 Å². The van der Waals surface area contributed by atoms with Crippen LogP contribution in [0.4, 0.5) is 35.1 Å². The normalized spacial score (nSPS) is 12.9. The smallest absolute Gasteiger partial charge is 0.388 e. The molecule has 0 bridgehead atoms. The van der Waals surface area contributed by atoms with Gasteiger partial charge in [-0.05, 0) is 22.6 Å². The first kappa shape index (κ1) is 16.2. The van der Waals surface area contributed by atoms with E-state index in [-0.39, 0.29) is 6.07 Å². The minimum atomic E-state index is -5.33. The number of hydrogen-bond acceptors (Lipinski definition) is 2. The number of nitrogens with zero attached hydrogens (tertiary/aromatic N) is 1. The van der Waals surface area contributed by atoms with Crippen molar-refractivity contribution in [1.82, 2.24) is 4.98 Å². The van der Waals surface area contributed by atoms with E-state index in [1.807, 2.05) is 0 Å². The summed E-state index contributed by atoms with van der Waals surface area (Å²) in [7, 11) is 0. The molecule has 0 unspecified atom stereocenters. The highest BCUT2D eigenvalue weighted by Crippen LogP contribution is 2.38. The van der Waals surface area contributed by atoms with Gasteiger partial charge in [0.2, 0.25) is 5.88 Å². The molecule has 2 nitrogen and oxygen atoms in total. The van der Waals surface area contributed by atoms with Crippen molar-refractivity contribution in [3.63, 3.8) is 0 Å². The Morgan fingerprint density at radius 2 is 1.63 bits per heavy atom. The highest BCUT2D eigenvalue weighted by Gasteiger charge is 2.39. The van der Waals surface area contributed by atoms with Gasteiger partial charge in [-0.1, -0.05) is 0 Å². The van der Waals surface area contributed by atoms with Crippen molar-refractivity contribution in [3.8, 4) is 5.88 Å². The molecule has 19 heavy (non-hydrogen) atoms. The third-order valence-electron chi connectivity index (χ3n) is 1.69. The Kier molecular flexibility index (Phi) is 4.47. The van der Waals surface area contributed by atoms with Gasteiger partial charge in [0.25, 0.3) is 6.43 Å². The van der Waals surface area contributed by atoms with Gasteiger partial charge in [-0.2, -0.15) is 13.2 Å². The highest BCUT2D eigenvalue weighted by molar-refractivity contribution is 14.1. The zero-order chi connectivity index (χ0) is 15.0. The molecule has 1 aromatic rings. The molecule has 0 aliphatic heterocycles. The van der Waals surface area contributed by atoms with E-state index in [2.05, 4.69) is 9.72 Å². The molecule has 0 N–H and O–H groups in total. The number of halogens is 9. The van der Waals surface area contributed by atoms with Gasteiger partial charge < -0.3 is 4.74 Å². The van der Waals surface area contributed by atoms with Gasteiger partial charge in [-0.15, -0.1) is 13.2 Å². The Morgan fingerprint density at radius 3 is 2.00 bits per heavy atom. The average Bonchev–Trinajstić information content (AvgIpc) is 2.16. The maximum absolute atomic E-state index is 12.5. The van der Waals surface area contributed by atoms with E-state index in [1.54, 1.807) is 0 Å². The molecule has 0 saturated heterocycles. The van der Waals surface area contributed by atoms with E-state index in [4.69, 9.17) is 0 Å². The fourth-order valence-corrected chi connectivity index (χ4v) is 1.86. The summed E-state index contributed by atoms with van der Waals surface area (Å²) in [6.45, 7) is 0. The topological polar surface area (TPSA) is 22.1 Å². The van der Waals surface area contributed by atoms with Crippen LogP contribution in [0.3, 0.4) is 0 Å². The molecular weight excluding hydrogens is 405 g/mol. The molecule has 0 aliphatic rings. The van der Waals surface area contributed by atoms with Crippen LogP contribution in [0.1, 0.15) is 17.7 Å². The molecule has 0 saturated carbocycles. The summed E-state index contributed by atoms with van der Waals surface area (Å²) in [5, 5.41) is 0. The van der Waals surface area contributed by atoms with Crippen LogP contribution in [0, 0.1) is 3.57 Å². The first-order valence-electron chi connectivity index (χ1n) is 4.23. The predicted molar refractivity (Wildman–Crippen MR) is 53.6 cm³/mol. The molecule has 0 aromatic carbocycles. The van der Waals surface area contributed by atoms with E-state index in [1.165, 1.54) is 0 Å². The van der Waals surface area contributed by atoms with Crippen LogP contribution in [-0.4, -0.2) is 11.3 Å². The second kappa shape index (κ2) is 5.25. The standard InChI is InChI=1S/C8H2F8INO/c9-6(10)5-4(17)2(7(11,12)13)1-3(18-5)19-8(14,15)16/h1,6H. The summed E-state index contributed by atoms with van der Waals surface area (Å²) in [5.41, 5.74) is -3.09. The molecule has 0 radical (unpaired) electrons. The zero-order valence-electron chi connectivity index (χ0n) is 8.41. The second-order valence-electron chi connectivity index (χ2n) is 3.05. The molecule has 0 fully saturated rings. The lowest BCUT2D eigenvalue weighted by atomic mass is 10.2. The number of pyridine rings is 1. The number of alkyl halides is 8.